The molecule has 2 rings (SSSR count). The second-order valence-corrected chi connectivity index (χ2v) is 5.13. The molecule has 3 nitrogen and oxygen atoms in total. The lowest BCUT2D eigenvalue weighted by Crippen LogP contribution is -2.32. The van der Waals surface area contributed by atoms with Crippen LogP contribution in [0.5, 0.6) is 0 Å². The van der Waals surface area contributed by atoms with Crippen LogP contribution in [0.15, 0.2) is 18.2 Å². The van der Waals surface area contributed by atoms with Crippen molar-refractivity contribution in [2.75, 3.05) is 25.0 Å². The first kappa shape index (κ1) is 13.2. The summed E-state index contributed by atoms with van der Waals surface area (Å²) in [4.78, 5) is 2.28. The van der Waals surface area contributed by atoms with Gasteiger partial charge in [-0.1, -0.05) is 11.6 Å². The fourth-order valence-corrected chi connectivity index (χ4v) is 2.63. The van der Waals surface area contributed by atoms with Crippen molar-refractivity contribution >= 4 is 17.3 Å². The van der Waals surface area contributed by atoms with E-state index in [9.17, 15) is 0 Å². The van der Waals surface area contributed by atoms with E-state index in [2.05, 4.69) is 23.3 Å². The summed E-state index contributed by atoms with van der Waals surface area (Å²) >= 11 is 6.08. The normalized spacial score (nSPS) is 19.9. The molecule has 96 valence electrons. The molecule has 1 unspecified atom stereocenters. The molecule has 1 aromatic carbocycles. The lowest BCUT2D eigenvalue weighted by Gasteiger charge is -2.29. The van der Waals surface area contributed by atoms with E-state index in [1.807, 2.05) is 12.1 Å². The smallest absolute Gasteiger partial charge is 0.101 e. The Labute approximate surface area is 113 Å². The second-order valence-electron chi connectivity index (χ2n) is 4.72. The average molecular weight is 264 g/mol. The van der Waals surface area contributed by atoms with E-state index < -0.39 is 0 Å². The first-order valence-corrected chi connectivity index (χ1v) is 6.73. The fraction of sp³-hybridized carbons (Fsp3) is 0.500. The maximum absolute atomic E-state index is 8.88. The van der Waals surface area contributed by atoms with E-state index >= 15 is 0 Å². The van der Waals surface area contributed by atoms with Gasteiger partial charge in [0.1, 0.15) is 6.07 Å². The molecule has 4 heteroatoms. The number of anilines is 1. The molecule has 1 atom stereocenters. The van der Waals surface area contributed by atoms with Gasteiger partial charge in [0, 0.05) is 18.8 Å². The predicted octanol–water partition coefficient (Wildman–Crippen LogP) is 2.79. The van der Waals surface area contributed by atoms with E-state index in [1.54, 1.807) is 6.07 Å². The van der Waals surface area contributed by atoms with Gasteiger partial charge in [-0.25, -0.2) is 0 Å². The maximum Gasteiger partial charge on any atom is 0.101 e. The van der Waals surface area contributed by atoms with E-state index in [0.29, 0.717) is 16.6 Å². The minimum Gasteiger partial charge on any atom is -0.372 e. The zero-order valence-electron chi connectivity index (χ0n) is 10.6. The van der Waals surface area contributed by atoms with Crippen LogP contribution >= 0.6 is 11.6 Å². The molecule has 1 aliphatic rings. The van der Waals surface area contributed by atoms with Gasteiger partial charge in [0.05, 0.1) is 10.6 Å². The minimum absolute atomic E-state index is 0.536. The van der Waals surface area contributed by atoms with Crippen LogP contribution in [0.4, 0.5) is 5.69 Å². The van der Waals surface area contributed by atoms with Gasteiger partial charge in [0.2, 0.25) is 0 Å². The van der Waals surface area contributed by atoms with Crippen molar-refractivity contribution in [1.29, 1.82) is 5.26 Å². The summed E-state index contributed by atoms with van der Waals surface area (Å²) in [5.74, 6) is 0. The molecule has 0 bridgehead atoms. The molecule has 1 N–H and O–H groups in total. The number of hydrogen-bond acceptors (Lipinski definition) is 3. The Kier molecular flexibility index (Phi) is 4.46. The molecule has 18 heavy (non-hydrogen) atoms. The number of halogens is 1. The predicted molar refractivity (Wildman–Crippen MR) is 75.1 cm³/mol. The Morgan fingerprint density at radius 1 is 1.39 bits per heavy atom. The molecule has 0 amide bonds. The molecule has 1 aliphatic heterocycles. The van der Waals surface area contributed by atoms with Gasteiger partial charge in [-0.05, 0) is 50.6 Å². The van der Waals surface area contributed by atoms with Crippen LogP contribution in [0.3, 0.4) is 0 Å². The third-order valence-corrected chi connectivity index (χ3v) is 3.89. The Bertz CT molecular complexity index is 445. The molecule has 1 saturated heterocycles. The van der Waals surface area contributed by atoms with Gasteiger partial charge in [-0.3, -0.25) is 0 Å². The summed E-state index contributed by atoms with van der Waals surface area (Å²) in [5, 5.41) is 12.8. The molecule has 0 aromatic heterocycles. The van der Waals surface area contributed by atoms with Crippen molar-refractivity contribution < 1.29 is 0 Å². The summed E-state index contributed by atoms with van der Waals surface area (Å²) in [6.07, 6.45) is 3.55. The summed E-state index contributed by atoms with van der Waals surface area (Å²) in [5.41, 5.74) is 1.63. The Morgan fingerprint density at radius 3 is 2.94 bits per heavy atom. The number of nitrogens with zero attached hydrogens (tertiary/aromatic N) is 2. The largest absolute Gasteiger partial charge is 0.372 e. The molecular formula is C14H18ClN3. The molecular weight excluding hydrogens is 246 g/mol. The SMILES string of the molecule is CN(c1ccc(C#N)c(Cl)c1)C1CCCNCC1. The van der Waals surface area contributed by atoms with E-state index in [1.165, 1.54) is 12.8 Å². The number of rotatable bonds is 2. The van der Waals surface area contributed by atoms with Crippen molar-refractivity contribution in [2.24, 2.45) is 0 Å². The van der Waals surface area contributed by atoms with Crippen LogP contribution in [-0.2, 0) is 0 Å². The molecule has 1 aromatic rings. The van der Waals surface area contributed by atoms with Crippen LogP contribution in [-0.4, -0.2) is 26.2 Å². The monoisotopic (exact) mass is 263 g/mol. The highest BCUT2D eigenvalue weighted by Crippen LogP contribution is 2.25. The lowest BCUT2D eigenvalue weighted by molar-refractivity contribution is 0.567. The fourth-order valence-electron chi connectivity index (χ4n) is 2.41. The zero-order valence-corrected chi connectivity index (χ0v) is 11.4. The Balaban J connectivity index is 2.15. The molecule has 0 aliphatic carbocycles. The van der Waals surface area contributed by atoms with Gasteiger partial charge >= 0.3 is 0 Å². The Hall–Kier alpha value is -1.24. The molecule has 0 spiro atoms. The van der Waals surface area contributed by atoms with E-state index in [-0.39, 0.29) is 0 Å². The number of nitriles is 1. The zero-order chi connectivity index (χ0) is 13.0. The maximum atomic E-state index is 8.88. The van der Waals surface area contributed by atoms with Crippen LogP contribution in [0.25, 0.3) is 0 Å². The number of nitrogens with one attached hydrogen (secondary N) is 1. The van der Waals surface area contributed by atoms with Crippen LogP contribution in [0, 0.1) is 11.3 Å². The van der Waals surface area contributed by atoms with Gasteiger partial charge in [0.15, 0.2) is 0 Å². The summed E-state index contributed by atoms with van der Waals surface area (Å²) in [6.45, 7) is 2.18. The van der Waals surface area contributed by atoms with Gasteiger partial charge in [-0.2, -0.15) is 5.26 Å². The first-order valence-electron chi connectivity index (χ1n) is 6.35. The van der Waals surface area contributed by atoms with E-state index in [0.717, 1.165) is 25.2 Å². The third kappa shape index (κ3) is 2.95. The summed E-state index contributed by atoms with van der Waals surface area (Å²) in [6, 6.07) is 8.29. The van der Waals surface area contributed by atoms with Crippen molar-refractivity contribution in [3.63, 3.8) is 0 Å². The average Bonchev–Trinajstić information content (AvgIpc) is 2.66. The first-order chi connectivity index (χ1) is 8.72. The van der Waals surface area contributed by atoms with Crippen molar-refractivity contribution in [3.05, 3.63) is 28.8 Å². The lowest BCUT2D eigenvalue weighted by atomic mass is 10.1. The highest BCUT2D eigenvalue weighted by Gasteiger charge is 2.17. The van der Waals surface area contributed by atoms with Crippen molar-refractivity contribution in [2.45, 2.75) is 25.3 Å². The quantitative estimate of drug-likeness (QED) is 0.892. The highest BCUT2D eigenvalue weighted by atomic mass is 35.5. The standard InChI is InChI=1S/C14H18ClN3/c1-18(12-3-2-7-17-8-6-12)13-5-4-11(10-16)14(15)9-13/h4-5,9,12,17H,2-3,6-8H2,1H3. The van der Waals surface area contributed by atoms with E-state index in [4.69, 9.17) is 16.9 Å². The molecule has 1 fully saturated rings. The molecule has 0 saturated carbocycles. The second kappa shape index (κ2) is 6.08. The Morgan fingerprint density at radius 2 is 2.22 bits per heavy atom. The third-order valence-electron chi connectivity index (χ3n) is 3.57. The highest BCUT2D eigenvalue weighted by molar-refractivity contribution is 6.32. The van der Waals surface area contributed by atoms with Crippen molar-refractivity contribution in [3.8, 4) is 6.07 Å². The van der Waals surface area contributed by atoms with Gasteiger partial charge in [0.25, 0.3) is 0 Å². The number of benzene rings is 1. The van der Waals surface area contributed by atoms with Gasteiger partial charge < -0.3 is 10.2 Å². The van der Waals surface area contributed by atoms with Crippen LogP contribution < -0.4 is 10.2 Å². The summed E-state index contributed by atoms with van der Waals surface area (Å²) in [7, 11) is 2.10. The topological polar surface area (TPSA) is 39.1 Å². The van der Waals surface area contributed by atoms with Crippen molar-refractivity contribution in [1.82, 2.24) is 5.32 Å². The van der Waals surface area contributed by atoms with Crippen LogP contribution in [0.1, 0.15) is 24.8 Å². The number of hydrogen-bond donors (Lipinski definition) is 1. The summed E-state index contributed by atoms with van der Waals surface area (Å²) < 4.78 is 0. The molecule has 0 radical (unpaired) electrons. The van der Waals surface area contributed by atoms with Crippen LogP contribution in [0.2, 0.25) is 5.02 Å². The molecule has 1 heterocycles. The minimum atomic E-state index is 0.536. The van der Waals surface area contributed by atoms with Gasteiger partial charge in [-0.15, -0.1) is 0 Å².